The summed E-state index contributed by atoms with van der Waals surface area (Å²) in [5.41, 5.74) is 8.99. The molecule has 0 aromatic carbocycles. The zero-order valence-electron chi connectivity index (χ0n) is 8.57. The summed E-state index contributed by atoms with van der Waals surface area (Å²) in [6.45, 7) is 2.22. The number of hydrogen-bond donors (Lipinski definition) is 2. The number of aromatic amines is 1. The molecule has 0 spiro atoms. The van der Waals surface area contributed by atoms with Crippen LogP contribution in [0.5, 0.6) is 0 Å². The van der Waals surface area contributed by atoms with Crippen LogP contribution in [0.4, 0.5) is 0 Å². The van der Waals surface area contributed by atoms with Gasteiger partial charge in [-0.25, -0.2) is 0 Å². The van der Waals surface area contributed by atoms with Gasteiger partial charge in [0.25, 0.3) is 0 Å². The lowest BCUT2D eigenvalue weighted by Gasteiger charge is -2.25. The van der Waals surface area contributed by atoms with Crippen molar-refractivity contribution in [3.63, 3.8) is 0 Å². The molecule has 1 aliphatic rings. The standard InChI is InChI=1S/C10H13N5/c1-5-2-6-7-4-12-14-10(7)15-13-9(6)8(11)3-5/h4-5,8H,2-3,11H2,1H3,(H,12,14,15). The maximum Gasteiger partial charge on any atom is 0.178 e. The number of hydrogen-bond acceptors (Lipinski definition) is 4. The molecule has 2 unspecified atom stereocenters. The summed E-state index contributed by atoms with van der Waals surface area (Å²) < 4.78 is 0. The predicted molar refractivity (Wildman–Crippen MR) is 56.1 cm³/mol. The minimum atomic E-state index is 0.0237. The van der Waals surface area contributed by atoms with Gasteiger partial charge in [0.2, 0.25) is 0 Å². The number of H-pyrrole nitrogens is 1. The molecule has 0 amide bonds. The fourth-order valence-electron chi connectivity index (χ4n) is 2.37. The van der Waals surface area contributed by atoms with Crippen molar-refractivity contribution in [1.82, 2.24) is 20.4 Å². The third kappa shape index (κ3) is 1.23. The quantitative estimate of drug-likeness (QED) is 0.667. The van der Waals surface area contributed by atoms with Gasteiger partial charge in [-0.3, -0.25) is 5.10 Å². The van der Waals surface area contributed by atoms with E-state index in [2.05, 4.69) is 27.3 Å². The van der Waals surface area contributed by atoms with Gasteiger partial charge in [0, 0.05) is 11.4 Å². The molecular formula is C10H13N5. The van der Waals surface area contributed by atoms with E-state index in [9.17, 15) is 0 Å². The van der Waals surface area contributed by atoms with Gasteiger partial charge in [-0.15, -0.1) is 5.10 Å². The van der Waals surface area contributed by atoms with Crippen molar-refractivity contribution in [1.29, 1.82) is 0 Å². The zero-order chi connectivity index (χ0) is 10.4. The van der Waals surface area contributed by atoms with Crippen LogP contribution in [0, 0.1) is 5.92 Å². The molecule has 0 radical (unpaired) electrons. The number of rotatable bonds is 0. The van der Waals surface area contributed by atoms with Crippen LogP contribution in [0.3, 0.4) is 0 Å². The molecule has 2 aromatic heterocycles. The highest BCUT2D eigenvalue weighted by Gasteiger charge is 2.25. The molecule has 2 heterocycles. The van der Waals surface area contributed by atoms with E-state index >= 15 is 0 Å². The Morgan fingerprint density at radius 2 is 2.33 bits per heavy atom. The van der Waals surface area contributed by atoms with E-state index in [0.717, 1.165) is 29.6 Å². The molecule has 3 rings (SSSR count). The van der Waals surface area contributed by atoms with Crippen LogP contribution in [0.25, 0.3) is 11.0 Å². The van der Waals surface area contributed by atoms with E-state index in [4.69, 9.17) is 5.73 Å². The van der Waals surface area contributed by atoms with Crippen LogP contribution < -0.4 is 5.73 Å². The number of nitrogens with one attached hydrogen (secondary N) is 1. The first kappa shape index (κ1) is 8.79. The molecule has 15 heavy (non-hydrogen) atoms. The van der Waals surface area contributed by atoms with E-state index in [0.29, 0.717) is 5.92 Å². The lowest BCUT2D eigenvalue weighted by atomic mass is 9.84. The van der Waals surface area contributed by atoms with Gasteiger partial charge in [-0.1, -0.05) is 6.92 Å². The lowest BCUT2D eigenvalue weighted by molar-refractivity contribution is 0.429. The summed E-state index contributed by atoms with van der Waals surface area (Å²) >= 11 is 0. The molecule has 0 saturated carbocycles. The number of fused-ring (bicyclic) bond motifs is 3. The highest BCUT2D eigenvalue weighted by atomic mass is 15.2. The summed E-state index contributed by atoms with van der Waals surface area (Å²) in [6, 6.07) is 0.0237. The van der Waals surface area contributed by atoms with Gasteiger partial charge < -0.3 is 5.73 Å². The van der Waals surface area contributed by atoms with E-state index in [1.807, 2.05) is 6.20 Å². The average Bonchev–Trinajstić information content (AvgIpc) is 2.65. The van der Waals surface area contributed by atoms with Gasteiger partial charge in [-0.2, -0.15) is 10.2 Å². The molecule has 5 heteroatoms. The van der Waals surface area contributed by atoms with Crippen molar-refractivity contribution in [3.05, 3.63) is 17.5 Å². The Kier molecular flexibility index (Phi) is 1.76. The molecule has 0 bridgehead atoms. The Morgan fingerprint density at radius 1 is 1.47 bits per heavy atom. The fraction of sp³-hybridized carbons (Fsp3) is 0.500. The Bertz CT molecular complexity index is 503. The minimum absolute atomic E-state index is 0.0237. The van der Waals surface area contributed by atoms with Crippen molar-refractivity contribution in [3.8, 4) is 0 Å². The maximum absolute atomic E-state index is 6.06. The number of aromatic nitrogens is 4. The van der Waals surface area contributed by atoms with Crippen LogP contribution in [0.1, 0.15) is 30.6 Å². The highest BCUT2D eigenvalue weighted by Crippen LogP contribution is 2.32. The Labute approximate surface area is 87.1 Å². The van der Waals surface area contributed by atoms with Crippen molar-refractivity contribution < 1.29 is 0 Å². The van der Waals surface area contributed by atoms with Crippen molar-refractivity contribution in [2.75, 3.05) is 0 Å². The topological polar surface area (TPSA) is 80.5 Å². The summed E-state index contributed by atoms with van der Waals surface area (Å²) in [5, 5.41) is 16.2. The summed E-state index contributed by atoms with van der Waals surface area (Å²) in [4.78, 5) is 0. The minimum Gasteiger partial charge on any atom is -0.323 e. The van der Waals surface area contributed by atoms with Gasteiger partial charge in [-0.05, 0) is 24.3 Å². The average molecular weight is 203 g/mol. The third-order valence-corrected chi connectivity index (χ3v) is 3.07. The largest absolute Gasteiger partial charge is 0.323 e. The summed E-state index contributed by atoms with van der Waals surface area (Å²) in [6.07, 6.45) is 3.83. The van der Waals surface area contributed by atoms with Crippen molar-refractivity contribution in [2.24, 2.45) is 11.7 Å². The van der Waals surface area contributed by atoms with Gasteiger partial charge in [0.1, 0.15) is 0 Å². The van der Waals surface area contributed by atoms with Crippen molar-refractivity contribution >= 4 is 11.0 Å². The van der Waals surface area contributed by atoms with Crippen LogP contribution in [0.2, 0.25) is 0 Å². The first-order valence-electron chi connectivity index (χ1n) is 5.20. The first-order valence-corrected chi connectivity index (χ1v) is 5.20. The van der Waals surface area contributed by atoms with Crippen LogP contribution in [0.15, 0.2) is 6.20 Å². The molecular weight excluding hydrogens is 190 g/mol. The van der Waals surface area contributed by atoms with E-state index in [1.54, 1.807) is 0 Å². The SMILES string of the molecule is CC1Cc2c(nnc3[nH]ncc23)C(N)C1. The summed E-state index contributed by atoms with van der Waals surface area (Å²) in [7, 11) is 0. The van der Waals surface area contributed by atoms with Crippen LogP contribution in [-0.4, -0.2) is 20.4 Å². The predicted octanol–water partition coefficient (Wildman–Crippen LogP) is 0.935. The monoisotopic (exact) mass is 203 g/mol. The number of nitrogens with zero attached hydrogens (tertiary/aromatic N) is 3. The zero-order valence-corrected chi connectivity index (χ0v) is 8.57. The molecule has 3 N–H and O–H groups in total. The normalized spacial score (nSPS) is 25.5. The van der Waals surface area contributed by atoms with Crippen LogP contribution >= 0.6 is 0 Å². The molecule has 1 aliphatic carbocycles. The first-order chi connectivity index (χ1) is 7.25. The van der Waals surface area contributed by atoms with Gasteiger partial charge in [0.15, 0.2) is 5.65 Å². The Balaban J connectivity index is 2.28. The Hall–Kier alpha value is -1.49. The van der Waals surface area contributed by atoms with E-state index in [1.165, 1.54) is 5.56 Å². The summed E-state index contributed by atoms with van der Waals surface area (Å²) in [5.74, 6) is 0.606. The van der Waals surface area contributed by atoms with E-state index in [-0.39, 0.29) is 6.04 Å². The maximum atomic E-state index is 6.06. The van der Waals surface area contributed by atoms with Crippen molar-refractivity contribution in [2.45, 2.75) is 25.8 Å². The van der Waals surface area contributed by atoms with Gasteiger partial charge >= 0.3 is 0 Å². The lowest BCUT2D eigenvalue weighted by Crippen LogP contribution is -2.24. The molecule has 78 valence electrons. The second-order valence-corrected chi connectivity index (χ2v) is 4.35. The fourth-order valence-corrected chi connectivity index (χ4v) is 2.37. The second kappa shape index (κ2) is 3.00. The van der Waals surface area contributed by atoms with E-state index < -0.39 is 0 Å². The second-order valence-electron chi connectivity index (χ2n) is 4.35. The van der Waals surface area contributed by atoms with Crippen LogP contribution in [-0.2, 0) is 6.42 Å². The highest BCUT2D eigenvalue weighted by molar-refractivity contribution is 5.78. The molecule has 5 nitrogen and oxygen atoms in total. The molecule has 2 atom stereocenters. The molecule has 0 aliphatic heterocycles. The molecule has 0 saturated heterocycles. The molecule has 2 aromatic rings. The Morgan fingerprint density at radius 3 is 3.20 bits per heavy atom. The molecule has 0 fully saturated rings. The number of nitrogens with two attached hydrogens (primary N) is 1. The smallest absolute Gasteiger partial charge is 0.178 e. The third-order valence-electron chi connectivity index (χ3n) is 3.07. The van der Waals surface area contributed by atoms with Gasteiger partial charge in [0.05, 0.1) is 11.9 Å².